The van der Waals surface area contributed by atoms with Gasteiger partial charge in [0, 0.05) is 0 Å². The minimum Gasteiger partial charge on any atom is -0.383 e. The zero-order valence-corrected chi connectivity index (χ0v) is 11.8. The molecule has 1 atom stereocenters. The lowest BCUT2D eigenvalue weighted by atomic mass is 10.0. The second-order valence-corrected chi connectivity index (χ2v) is 5.01. The highest BCUT2D eigenvalue weighted by molar-refractivity contribution is 7.98. The van der Waals surface area contributed by atoms with E-state index < -0.39 is 6.10 Å². The molecule has 0 spiro atoms. The lowest BCUT2D eigenvalue weighted by Gasteiger charge is -2.14. The molecule has 0 radical (unpaired) electrons. The van der Waals surface area contributed by atoms with Gasteiger partial charge >= 0.3 is 0 Å². The first-order valence-electron chi connectivity index (χ1n) is 5.13. The minimum absolute atomic E-state index is 0.177. The molecule has 2 rings (SSSR count). The Labute approximate surface area is 119 Å². The first kappa shape index (κ1) is 13.6. The van der Waals surface area contributed by atoms with Crippen molar-refractivity contribution in [3.63, 3.8) is 0 Å². The Kier molecular flexibility index (Phi) is 4.45. The molecule has 0 aliphatic carbocycles. The van der Waals surface area contributed by atoms with Crippen LogP contribution in [0.4, 0.5) is 0 Å². The van der Waals surface area contributed by atoms with Crippen LogP contribution in [0.3, 0.4) is 0 Å². The molecule has 1 heterocycles. The van der Waals surface area contributed by atoms with Gasteiger partial charge in [-0.25, -0.2) is 9.97 Å². The summed E-state index contributed by atoms with van der Waals surface area (Å²) in [6, 6.07) is 9.11. The van der Waals surface area contributed by atoms with Crippen LogP contribution in [0.5, 0.6) is 0 Å². The van der Waals surface area contributed by atoms with E-state index in [1.54, 1.807) is 12.1 Å². The second-order valence-electron chi connectivity index (χ2n) is 3.52. The lowest BCUT2D eigenvalue weighted by molar-refractivity contribution is 0.219. The summed E-state index contributed by atoms with van der Waals surface area (Å²) in [5.74, 6) is 0. The Hall–Kier alpha value is -0.810. The first-order valence-corrected chi connectivity index (χ1v) is 7.11. The van der Waals surface area contributed by atoms with Crippen molar-refractivity contribution in [3.8, 4) is 0 Å². The predicted molar refractivity (Wildman–Crippen MR) is 74.3 cm³/mol. The van der Waals surface area contributed by atoms with Crippen LogP contribution >= 0.6 is 35.0 Å². The number of halogens is 2. The number of hydrogen-bond acceptors (Lipinski definition) is 4. The molecule has 18 heavy (non-hydrogen) atoms. The summed E-state index contributed by atoms with van der Waals surface area (Å²) in [7, 11) is 0. The van der Waals surface area contributed by atoms with Crippen molar-refractivity contribution in [3.05, 3.63) is 51.8 Å². The Bertz CT molecular complexity index is 528. The number of hydrogen-bond donors (Lipinski definition) is 1. The standard InChI is InChI=1S/C12H10Cl2N2OS/c1-18-12-15-10(13)8(11(14)16-12)9(17)7-5-3-2-4-6-7/h2-6,9,17H,1H3/t9-/m0/s1. The van der Waals surface area contributed by atoms with Crippen LogP contribution in [-0.4, -0.2) is 21.3 Å². The van der Waals surface area contributed by atoms with Crippen LogP contribution < -0.4 is 0 Å². The molecule has 0 bridgehead atoms. The average molecular weight is 301 g/mol. The van der Waals surface area contributed by atoms with Crippen molar-refractivity contribution < 1.29 is 5.11 Å². The van der Waals surface area contributed by atoms with E-state index in [0.717, 1.165) is 0 Å². The van der Waals surface area contributed by atoms with Crippen LogP contribution in [0.1, 0.15) is 17.2 Å². The maximum atomic E-state index is 10.3. The third kappa shape index (κ3) is 2.78. The van der Waals surface area contributed by atoms with Gasteiger partial charge in [0.05, 0.1) is 5.56 Å². The second kappa shape index (κ2) is 5.89. The summed E-state index contributed by atoms with van der Waals surface area (Å²) in [5.41, 5.74) is 1.03. The number of thioether (sulfide) groups is 1. The van der Waals surface area contributed by atoms with Gasteiger partial charge in [0.15, 0.2) is 5.16 Å². The number of aliphatic hydroxyl groups excluding tert-OH is 1. The van der Waals surface area contributed by atoms with E-state index in [2.05, 4.69) is 9.97 Å². The maximum Gasteiger partial charge on any atom is 0.190 e. The van der Waals surface area contributed by atoms with E-state index in [1.807, 2.05) is 24.5 Å². The minimum atomic E-state index is -0.929. The van der Waals surface area contributed by atoms with Crippen molar-refractivity contribution in [1.29, 1.82) is 0 Å². The van der Waals surface area contributed by atoms with Gasteiger partial charge in [-0.2, -0.15) is 0 Å². The molecule has 0 aliphatic heterocycles. The van der Waals surface area contributed by atoms with Crippen molar-refractivity contribution in [2.75, 3.05) is 6.26 Å². The zero-order valence-electron chi connectivity index (χ0n) is 9.47. The van der Waals surface area contributed by atoms with Gasteiger partial charge in [-0.3, -0.25) is 0 Å². The summed E-state index contributed by atoms with van der Waals surface area (Å²) < 4.78 is 0. The molecule has 3 nitrogen and oxygen atoms in total. The Balaban J connectivity index is 2.45. The first-order chi connectivity index (χ1) is 8.63. The topological polar surface area (TPSA) is 46.0 Å². The van der Waals surface area contributed by atoms with Gasteiger partial charge in [0.25, 0.3) is 0 Å². The summed E-state index contributed by atoms with van der Waals surface area (Å²) in [6.45, 7) is 0. The maximum absolute atomic E-state index is 10.3. The van der Waals surface area contributed by atoms with E-state index in [-0.39, 0.29) is 10.3 Å². The van der Waals surface area contributed by atoms with Crippen molar-refractivity contribution in [2.45, 2.75) is 11.3 Å². The van der Waals surface area contributed by atoms with Crippen molar-refractivity contribution >= 4 is 35.0 Å². The average Bonchev–Trinajstić information content (AvgIpc) is 2.38. The van der Waals surface area contributed by atoms with E-state index in [1.165, 1.54) is 11.8 Å². The number of rotatable bonds is 3. The summed E-state index contributed by atoms with van der Waals surface area (Å²) in [6.07, 6.45) is 0.900. The fraction of sp³-hybridized carbons (Fsp3) is 0.167. The van der Waals surface area contributed by atoms with E-state index in [0.29, 0.717) is 16.3 Å². The molecule has 1 N–H and O–H groups in total. The molecule has 0 saturated heterocycles. The smallest absolute Gasteiger partial charge is 0.190 e. The highest BCUT2D eigenvalue weighted by Crippen LogP contribution is 2.33. The van der Waals surface area contributed by atoms with Crippen LogP contribution in [0, 0.1) is 0 Å². The summed E-state index contributed by atoms with van der Waals surface area (Å²) in [5, 5.41) is 11.1. The molecule has 0 unspecified atom stereocenters. The van der Waals surface area contributed by atoms with Gasteiger partial charge in [-0.15, -0.1) is 0 Å². The van der Waals surface area contributed by atoms with Crippen molar-refractivity contribution in [2.24, 2.45) is 0 Å². The number of benzene rings is 1. The molecule has 6 heteroatoms. The Morgan fingerprint density at radius 1 is 1.11 bits per heavy atom. The van der Waals surface area contributed by atoms with E-state index in [9.17, 15) is 5.11 Å². The molecule has 2 aromatic rings. The molecule has 0 aliphatic rings. The zero-order chi connectivity index (χ0) is 13.1. The van der Waals surface area contributed by atoms with E-state index >= 15 is 0 Å². The molecular weight excluding hydrogens is 291 g/mol. The fourth-order valence-corrected chi connectivity index (χ4v) is 2.58. The number of nitrogens with zero attached hydrogens (tertiary/aromatic N) is 2. The van der Waals surface area contributed by atoms with Gasteiger partial charge < -0.3 is 5.11 Å². The highest BCUT2D eigenvalue weighted by atomic mass is 35.5. The molecule has 0 fully saturated rings. The Morgan fingerprint density at radius 3 is 2.17 bits per heavy atom. The quantitative estimate of drug-likeness (QED) is 0.534. The summed E-state index contributed by atoms with van der Waals surface area (Å²) >= 11 is 13.4. The fourth-order valence-electron chi connectivity index (χ4n) is 1.52. The van der Waals surface area contributed by atoms with Crippen LogP contribution in [0.15, 0.2) is 35.5 Å². The van der Waals surface area contributed by atoms with Crippen LogP contribution in [0.25, 0.3) is 0 Å². The molecule has 0 saturated carbocycles. The van der Waals surface area contributed by atoms with Crippen LogP contribution in [0.2, 0.25) is 10.3 Å². The highest BCUT2D eigenvalue weighted by Gasteiger charge is 2.20. The normalized spacial score (nSPS) is 12.4. The lowest BCUT2D eigenvalue weighted by Crippen LogP contribution is -2.05. The van der Waals surface area contributed by atoms with E-state index in [4.69, 9.17) is 23.2 Å². The third-order valence-corrected chi connectivity index (χ3v) is 3.53. The largest absolute Gasteiger partial charge is 0.383 e. The molecule has 0 amide bonds. The SMILES string of the molecule is CSc1nc(Cl)c([C@@H](O)c2ccccc2)c(Cl)n1. The van der Waals surface area contributed by atoms with Crippen LogP contribution in [-0.2, 0) is 0 Å². The molecular formula is C12H10Cl2N2OS. The van der Waals surface area contributed by atoms with Crippen molar-refractivity contribution in [1.82, 2.24) is 9.97 Å². The summed E-state index contributed by atoms with van der Waals surface area (Å²) in [4.78, 5) is 8.14. The molecule has 1 aromatic heterocycles. The number of aliphatic hydroxyl groups is 1. The molecule has 1 aromatic carbocycles. The van der Waals surface area contributed by atoms with Gasteiger partial charge in [-0.05, 0) is 11.8 Å². The third-order valence-electron chi connectivity index (χ3n) is 2.40. The van der Waals surface area contributed by atoms with Gasteiger partial charge in [0.1, 0.15) is 16.4 Å². The van der Waals surface area contributed by atoms with Gasteiger partial charge in [0.2, 0.25) is 0 Å². The number of aromatic nitrogens is 2. The van der Waals surface area contributed by atoms with Gasteiger partial charge in [-0.1, -0.05) is 65.3 Å². The monoisotopic (exact) mass is 300 g/mol. The molecule has 94 valence electrons. The Morgan fingerprint density at radius 2 is 1.67 bits per heavy atom. The predicted octanol–water partition coefficient (Wildman–Crippen LogP) is 3.59.